The molecular formula is C21H30N4O. The summed E-state index contributed by atoms with van der Waals surface area (Å²) in [6, 6.07) is 8.63. The summed E-state index contributed by atoms with van der Waals surface area (Å²) in [7, 11) is 2.21. The van der Waals surface area contributed by atoms with E-state index in [-0.39, 0.29) is 5.91 Å². The zero-order valence-electron chi connectivity index (χ0n) is 15.9. The van der Waals surface area contributed by atoms with Crippen molar-refractivity contribution in [3.63, 3.8) is 0 Å². The zero-order valence-corrected chi connectivity index (χ0v) is 15.9. The van der Waals surface area contributed by atoms with Crippen molar-refractivity contribution in [1.82, 2.24) is 19.7 Å². The molecule has 0 bridgehead atoms. The first-order chi connectivity index (χ1) is 12.6. The molecule has 1 aromatic heterocycles. The van der Waals surface area contributed by atoms with Crippen LogP contribution in [0.25, 0.3) is 10.9 Å². The SMILES string of the molecule is C[C@H](C1CCN(C(=O)c2ccc3cc[nH]c3c2)CC1)N1CCN(C)CC1. The lowest BCUT2D eigenvalue weighted by Gasteiger charge is -2.42. The summed E-state index contributed by atoms with van der Waals surface area (Å²) in [4.78, 5) is 23.2. The van der Waals surface area contributed by atoms with Crippen molar-refractivity contribution in [3.05, 3.63) is 36.0 Å². The van der Waals surface area contributed by atoms with Gasteiger partial charge in [-0.1, -0.05) is 6.07 Å². The van der Waals surface area contributed by atoms with Crippen LogP contribution in [-0.4, -0.2) is 77.9 Å². The monoisotopic (exact) mass is 354 g/mol. The Bertz CT molecular complexity index is 754. The van der Waals surface area contributed by atoms with Gasteiger partial charge in [-0.25, -0.2) is 0 Å². The van der Waals surface area contributed by atoms with Gasteiger partial charge in [0, 0.05) is 62.6 Å². The standard InChI is InChI=1S/C21H30N4O/c1-16(24-13-11-23(2)12-14-24)17-6-9-25(10-7-17)21(26)19-4-3-18-5-8-22-20(18)15-19/h3-5,8,15-17,22H,6-7,9-14H2,1-2H3/t16-/m1/s1. The average molecular weight is 354 g/mol. The van der Waals surface area contributed by atoms with Gasteiger partial charge >= 0.3 is 0 Å². The number of aromatic nitrogens is 1. The molecule has 0 spiro atoms. The van der Waals surface area contributed by atoms with Crippen molar-refractivity contribution in [2.24, 2.45) is 5.92 Å². The van der Waals surface area contributed by atoms with Crippen molar-refractivity contribution in [3.8, 4) is 0 Å². The maximum absolute atomic E-state index is 12.9. The fraction of sp³-hybridized carbons (Fsp3) is 0.571. The van der Waals surface area contributed by atoms with Gasteiger partial charge in [-0.05, 0) is 56.3 Å². The number of hydrogen-bond donors (Lipinski definition) is 1. The van der Waals surface area contributed by atoms with E-state index in [1.807, 2.05) is 35.4 Å². The van der Waals surface area contributed by atoms with Gasteiger partial charge in [0.15, 0.2) is 0 Å². The summed E-state index contributed by atoms with van der Waals surface area (Å²) in [5.41, 5.74) is 1.83. The zero-order chi connectivity index (χ0) is 18.1. The third-order valence-electron chi connectivity index (χ3n) is 6.42. The van der Waals surface area contributed by atoms with Gasteiger partial charge in [0.25, 0.3) is 5.91 Å². The number of amides is 1. The highest BCUT2D eigenvalue weighted by Crippen LogP contribution is 2.26. The highest BCUT2D eigenvalue weighted by molar-refractivity contribution is 5.97. The molecule has 5 nitrogen and oxygen atoms in total. The molecule has 1 N–H and O–H groups in total. The number of likely N-dealkylation sites (tertiary alicyclic amines) is 1. The number of benzene rings is 1. The van der Waals surface area contributed by atoms with Crippen LogP contribution in [0.5, 0.6) is 0 Å². The van der Waals surface area contributed by atoms with Crippen LogP contribution in [-0.2, 0) is 0 Å². The summed E-state index contributed by atoms with van der Waals surface area (Å²) in [5, 5.41) is 1.15. The number of fused-ring (bicyclic) bond motifs is 1. The van der Waals surface area contributed by atoms with Gasteiger partial charge in [0.2, 0.25) is 0 Å². The average Bonchev–Trinajstić information content (AvgIpc) is 3.15. The van der Waals surface area contributed by atoms with E-state index in [4.69, 9.17) is 0 Å². The molecule has 2 aliphatic rings. The predicted octanol–water partition coefficient (Wildman–Crippen LogP) is 2.66. The van der Waals surface area contributed by atoms with Gasteiger partial charge in [0.1, 0.15) is 0 Å². The minimum atomic E-state index is 0.173. The van der Waals surface area contributed by atoms with E-state index in [0.29, 0.717) is 12.0 Å². The second-order valence-corrected chi connectivity index (χ2v) is 7.99. The van der Waals surface area contributed by atoms with Crippen LogP contribution in [0.1, 0.15) is 30.1 Å². The summed E-state index contributed by atoms with van der Waals surface area (Å²) in [6.07, 6.45) is 4.15. The van der Waals surface area contributed by atoms with Crippen LogP contribution in [0.15, 0.2) is 30.5 Å². The Hall–Kier alpha value is -1.85. The molecule has 2 aromatic rings. The first-order valence-electron chi connectivity index (χ1n) is 9.91. The van der Waals surface area contributed by atoms with Crippen LogP contribution in [0, 0.1) is 5.92 Å². The second kappa shape index (κ2) is 7.41. The van der Waals surface area contributed by atoms with Gasteiger partial charge in [-0.15, -0.1) is 0 Å². The minimum Gasteiger partial charge on any atom is -0.361 e. The summed E-state index contributed by atoms with van der Waals surface area (Å²) >= 11 is 0. The van der Waals surface area contributed by atoms with E-state index in [2.05, 4.69) is 28.8 Å². The third kappa shape index (κ3) is 3.51. The van der Waals surface area contributed by atoms with Crippen LogP contribution >= 0.6 is 0 Å². The molecule has 2 fully saturated rings. The Kier molecular flexibility index (Phi) is 5.00. The number of piperazine rings is 1. The Morgan fingerprint density at radius 3 is 2.54 bits per heavy atom. The molecule has 2 aliphatic heterocycles. The van der Waals surface area contributed by atoms with Crippen molar-refractivity contribution in [2.75, 3.05) is 46.3 Å². The Morgan fingerprint density at radius 1 is 1.08 bits per heavy atom. The summed E-state index contributed by atoms with van der Waals surface area (Å²) in [5.74, 6) is 0.876. The number of H-pyrrole nitrogens is 1. The lowest BCUT2D eigenvalue weighted by molar-refractivity contribution is 0.0500. The topological polar surface area (TPSA) is 42.6 Å². The molecule has 0 radical (unpaired) electrons. The van der Waals surface area contributed by atoms with E-state index in [1.165, 1.54) is 26.2 Å². The highest BCUT2D eigenvalue weighted by Gasteiger charge is 2.30. The van der Waals surface area contributed by atoms with Crippen molar-refractivity contribution in [2.45, 2.75) is 25.8 Å². The van der Waals surface area contributed by atoms with Crippen LogP contribution in [0.3, 0.4) is 0 Å². The summed E-state index contributed by atoms with van der Waals surface area (Å²) < 4.78 is 0. The number of aromatic amines is 1. The highest BCUT2D eigenvalue weighted by atomic mass is 16.2. The number of likely N-dealkylation sites (N-methyl/N-ethyl adjacent to an activating group) is 1. The van der Waals surface area contributed by atoms with Gasteiger partial charge < -0.3 is 14.8 Å². The number of piperidine rings is 1. The van der Waals surface area contributed by atoms with Crippen molar-refractivity contribution in [1.29, 1.82) is 0 Å². The molecule has 3 heterocycles. The number of nitrogens with zero attached hydrogens (tertiary/aromatic N) is 3. The van der Waals surface area contributed by atoms with E-state index in [0.717, 1.165) is 42.4 Å². The summed E-state index contributed by atoms with van der Waals surface area (Å²) in [6.45, 7) is 8.83. The third-order valence-corrected chi connectivity index (χ3v) is 6.42. The molecule has 26 heavy (non-hydrogen) atoms. The van der Waals surface area contributed by atoms with Gasteiger partial charge in [-0.3, -0.25) is 9.69 Å². The van der Waals surface area contributed by atoms with Crippen LogP contribution in [0.4, 0.5) is 0 Å². The smallest absolute Gasteiger partial charge is 0.253 e. The number of carbonyl (C=O) groups is 1. The van der Waals surface area contributed by atoms with Gasteiger partial charge in [0.05, 0.1) is 0 Å². The molecule has 0 saturated carbocycles. The molecule has 1 amide bonds. The lowest BCUT2D eigenvalue weighted by atomic mass is 9.88. The van der Waals surface area contributed by atoms with E-state index >= 15 is 0 Å². The van der Waals surface area contributed by atoms with E-state index < -0.39 is 0 Å². The Morgan fingerprint density at radius 2 is 1.81 bits per heavy atom. The maximum atomic E-state index is 12.9. The molecule has 140 valence electrons. The largest absolute Gasteiger partial charge is 0.361 e. The molecule has 0 aliphatic carbocycles. The lowest BCUT2D eigenvalue weighted by Crippen LogP contribution is -2.52. The maximum Gasteiger partial charge on any atom is 0.253 e. The molecule has 1 atom stereocenters. The van der Waals surface area contributed by atoms with Gasteiger partial charge in [-0.2, -0.15) is 0 Å². The first-order valence-corrected chi connectivity index (χ1v) is 9.91. The van der Waals surface area contributed by atoms with Crippen molar-refractivity contribution < 1.29 is 4.79 Å². The van der Waals surface area contributed by atoms with Crippen molar-refractivity contribution >= 4 is 16.8 Å². The van der Waals surface area contributed by atoms with E-state index in [1.54, 1.807) is 0 Å². The minimum absolute atomic E-state index is 0.173. The normalized spacial score (nSPS) is 22.0. The molecule has 4 rings (SSSR count). The number of rotatable bonds is 3. The fourth-order valence-electron chi connectivity index (χ4n) is 4.48. The number of nitrogens with one attached hydrogen (secondary N) is 1. The quantitative estimate of drug-likeness (QED) is 0.921. The fourth-order valence-corrected chi connectivity index (χ4v) is 4.48. The van der Waals surface area contributed by atoms with E-state index in [9.17, 15) is 4.79 Å². The molecular weight excluding hydrogens is 324 g/mol. The molecule has 5 heteroatoms. The molecule has 2 saturated heterocycles. The number of hydrogen-bond acceptors (Lipinski definition) is 3. The number of carbonyl (C=O) groups excluding carboxylic acids is 1. The molecule has 0 unspecified atom stereocenters. The van der Waals surface area contributed by atoms with Crippen LogP contribution < -0.4 is 0 Å². The first kappa shape index (κ1) is 17.6. The second-order valence-electron chi connectivity index (χ2n) is 7.99. The predicted molar refractivity (Wildman–Crippen MR) is 105 cm³/mol. The Balaban J connectivity index is 1.34. The molecule has 1 aromatic carbocycles. The Labute approximate surface area is 155 Å². The van der Waals surface area contributed by atoms with Crippen LogP contribution in [0.2, 0.25) is 0 Å².